The molecular formula is C17H11BrCl2N6O3. The van der Waals surface area contributed by atoms with Gasteiger partial charge in [-0.3, -0.25) is 25.8 Å². The van der Waals surface area contributed by atoms with E-state index < -0.39 is 16.5 Å². The Balaban J connectivity index is 1.85. The molecular weight excluding hydrogens is 487 g/mol. The number of anilines is 3. The summed E-state index contributed by atoms with van der Waals surface area (Å²) in [5.74, 6) is -0.893. The average Bonchev–Trinajstić information content (AvgIpc) is 2.67. The van der Waals surface area contributed by atoms with E-state index in [4.69, 9.17) is 23.2 Å². The summed E-state index contributed by atoms with van der Waals surface area (Å²) in [6, 6.07) is 11.4. The lowest BCUT2D eigenvalue weighted by Gasteiger charge is -2.12. The topological polar surface area (TPSA) is 122 Å². The second kappa shape index (κ2) is 9.03. The molecule has 0 atom stereocenters. The minimum atomic E-state index is -0.664. The summed E-state index contributed by atoms with van der Waals surface area (Å²) in [4.78, 5) is 31.0. The summed E-state index contributed by atoms with van der Waals surface area (Å²) >= 11 is 15.2. The Labute approximate surface area is 182 Å². The summed E-state index contributed by atoms with van der Waals surface area (Å²) in [6.07, 6.45) is 1.12. The number of benzene rings is 2. The molecule has 0 bridgehead atoms. The van der Waals surface area contributed by atoms with Crippen molar-refractivity contribution in [2.75, 3.05) is 10.7 Å². The highest BCUT2D eigenvalue weighted by atomic mass is 79.9. The van der Waals surface area contributed by atoms with Crippen LogP contribution >= 0.6 is 39.1 Å². The van der Waals surface area contributed by atoms with Crippen molar-refractivity contribution in [1.29, 1.82) is 0 Å². The maximum atomic E-state index is 12.3. The van der Waals surface area contributed by atoms with Crippen molar-refractivity contribution in [3.63, 3.8) is 0 Å². The molecule has 3 aromatic rings. The fourth-order valence-electron chi connectivity index (χ4n) is 2.28. The molecule has 0 saturated heterocycles. The molecule has 0 aliphatic heterocycles. The first kappa shape index (κ1) is 20.8. The number of nitrogens with one attached hydrogen (secondary N) is 3. The zero-order valence-electron chi connectivity index (χ0n) is 14.3. The SMILES string of the molecule is O=C(NNc1ncnc(Nc2ccccc2Br)c1[N+](=O)[O-])c1ccc(Cl)cc1Cl. The van der Waals surface area contributed by atoms with Crippen molar-refractivity contribution in [2.24, 2.45) is 0 Å². The van der Waals surface area contributed by atoms with Crippen LogP contribution in [0.1, 0.15) is 10.4 Å². The standard InChI is InChI=1S/C17H11BrCl2N6O3/c18-11-3-1-2-4-13(11)23-15-14(26(28)29)16(22-8-21-15)24-25-17(27)10-6-5-9(19)7-12(10)20/h1-8H,(H,25,27)(H2,21,22,23,24). The molecule has 3 rings (SSSR count). The van der Waals surface area contributed by atoms with Gasteiger partial charge in [-0.1, -0.05) is 35.3 Å². The summed E-state index contributed by atoms with van der Waals surface area (Å²) in [5, 5.41) is 15.0. The Morgan fingerprint density at radius 1 is 1.10 bits per heavy atom. The number of carbonyl (C=O) groups excluding carboxylic acids is 1. The van der Waals surface area contributed by atoms with Crippen LogP contribution in [0.4, 0.5) is 23.0 Å². The number of carbonyl (C=O) groups is 1. The molecule has 2 aromatic carbocycles. The molecule has 9 nitrogen and oxygen atoms in total. The van der Waals surface area contributed by atoms with Crippen LogP contribution in [0.25, 0.3) is 0 Å². The Hall–Kier alpha value is -2.95. The van der Waals surface area contributed by atoms with Gasteiger partial charge in [-0.15, -0.1) is 0 Å². The van der Waals surface area contributed by atoms with Gasteiger partial charge in [0, 0.05) is 9.50 Å². The molecule has 0 radical (unpaired) electrons. The van der Waals surface area contributed by atoms with Crippen LogP contribution in [-0.4, -0.2) is 20.8 Å². The molecule has 1 amide bonds. The third-order valence-electron chi connectivity index (χ3n) is 3.60. The van der Waals surface area contributed by atoms with Gasteiger partial charge in [0.15, 0.2) is 0 Å². The number of hydrogen-bond acceptors (Lipinski definition) is 7. The monoisotopic (exact) mass is 496 g/mol. The Kier molecular flexibility index (Phi) is 6.47. The van der Waals surface area contributed by atoms with Gasteiger partial charge in [0.2, 0.25) is 11.6 Å². The average molecular weight is 498 g/mol. The lowest BCUT2D eigenvalue weighted by molar-refractivity contribution is -0.383. The van der Waals surface area contributed by atoms with Gasteiger partial charge >= 0.3 is 5.69 Å². The number of rotatable bonds is 6. The van der Waals surface area contributed by atoms with Gasteiger partial charge in [-0.25, -0.2) is 9.97 Å². The number of para-hydroxylation sites is 1. The largest absolute Gasteiger partial charge is 0.355 e. The molecule has 0 aliphatic rings. The second-order valence-corrected chi connectivity index (χ2v) is 7.18. The highest BCUT2D eigenvalue weighted by Crippen LogP contribution is 2.33. The highest BCUT2D eigenvalue weighted by Gasteiger charge is 2.24. The fourth-order valence-corrected chi connectivity index (χ4v) is 3.16. The molecule has 29 heavy (non-hydrogen) atoms. The van der Waals surface area contributed by atoms with E-state index in [0.717, 1.165) is 6.33 Å². The molecule has 0 aliphatic carbocycles. The molecule has 12 heteroatoms. The Morgan fingerprint density at radius 3 is 2.52 bits per heavy atom. The van der Waals surface area contributed by atoms with E-state index in [-0.39, 0.29) is 22.2 Å². The number of aromatic nitrogens is 2. The van der Waals surface area contributed by atoms with Crippen LogP contribution in [0.2, 0.25) is 10.0 Å². The van der Waals surface area contributed by atoms with Crippen molar-refractivity contribution in [3.05, 3.63) is 79.0 Å². The number of halogens is 3. The number of nitrogens with zero attached hydrogens (tertiary/aromatic N) is 3. The lowest BCUT2D eigenvalue weighted by atomic mass is 10.2. The molecule has 0 fully saturated rings. The zero-order chi connectivity index (χ0) is 21.0. The first-order valence-electron chi connectivity index (χ1n) is 7.89. The smallest absolute Gasteiger partial charge is 0.333 e. The molecule has 0 saturated carbocycles. The van der Waals surface area contributed by atoms with Gasteiger partial charge in [-0.2, -0.15) is 0 Å². The van der Waals surface area contributed by atoms with E-state index in [1.165, 1.54) is 18.2 Å². The maximum Gasteiger partial charge on any atom is 0.355 e. The van der Waals surface area contributed by atoms with Crippen molar-refractivity contribution in [1.82, 2.24) is 15.4 Å². The van der Waals surface area contributed by atoms with Crippen LogP contribution in [0.15, 0.2) is 53.3 Å². The van der Waals surface area contributed by atoms with Crippen LogP contribution < -0.4 is 16.2 Å². The van der Waals surface area contributed by atoms with Gasteiger partial charge in [0.25, 0.3) is 5.91 Å². The van der Waals surface area contributed by atoms with Crippen molar-refractivity contribution in [3.8, 4) is 0 Å². The van der Waals surface area contributed by atoms with E-state index in [1.807, 2.05) is 0 Å². The third-order valence-corrected chi connectivity index (χ3v) is 4.84. The predicted molar refractivity (Wildman–Crippen MR) is 114 cm³/mol. The van der Waals surface area contributed by atoms with Crippen LogP contribution in [0, 0.1) is 10.1 Å². The normalized spacial score (nSPS) is 10.3. The minimum Gasteiger partial charge on any atom is -0.333 e. The van der Waals surface area contributed by atoms with Gasteiger partial charge < -0.3 is 5.32 Å². The van der Waals surface area contributed by atoms with Gasteiger partial charge in [0.05, 0.1) is 21.2 Å². The number of hydrogen-bond donors (Lipinski definition) is 3. The molecule has 1 heterocycles. The minimum absolute atomic E-state index is 0.0572. The van der Waals surface area contributed by atoms with E-state index in [9.17, 15) is 14.9 Å². The molecule has 0 spiro atoms. The number of amides is 1. The van der Waals surface area contributed by atoms with Crippen molar-refractivity contribution >= 4 is 68.0 Å². The summed E-state index contributed by atoms with van der Waals surface area (Å²) in [7, 11) is 0. The van der Waals surface area contributed by atoms with Crippen LogP contribution in [0.3, 0.4) is 0 Å². The molecule has 148 valence electrons. The predicted octanol–water partition coefficient (Wildman–Crippen LogP) is 4.95. The van der Waals surface area contributed by atoms with Crippen molar-refractivity contribution < 1.29 is 9.72 Å². The first-order valence-corrected chi connectivity index (χ1v) is 9.44. The summed E-state index contributed by atoms with van der Waals surface area (Å²) in [5.41, 5.74) is 5.01. The van der Waals surface area contributed by atoms with Crippen LogP contribution in [-0.2, 0) is 0 Å². The Bertz CT molecular complexity index is 1100. The maximum absolute atomic E-state index is 12.3. The van der Waals surface area contributed by atoms with E-state index >= 15 is 0 Å². The van der Waals surface area contributed by atoms with Gasteiger partial charge in [0.1, 0.15) is 6.33 Å². The van der Waals surface area contributed by atoms with E-state index in [1.54, 1.807) is 24.3 Å². The third kappa shape index (κ3) is 4.91. The van der Waals surface area contributed by atoms with Crippen molar-refractivity contribution in [2.45, 2.75) is 0 Å². The number of nitro groups is 1. The zero-order valence-corrected chi connectivity index (χ0v) is 17.4. The van der Waals surface area contributed by atoms with E-state index in [2.05, 4.69) is 42.1 Å². The second-order valence-electron chi connectivity index (χ2n) is 5.48. The summed E-state index contributed by atoms with van der Waals surface area (Å²) in [6.45, 7) is 0. The number of hydrazine groups is 1. The fraction of sp³-hybridized carbons (Fsp3) is 0. The van der Waals surface area contributed by atoms with Gasteiger partial charge in [-0.05, 0) is 46.3 Å². The first-order chi connectivity index (χ1) is 13.9. The molecule has 1 aromatic heterocycles. The highest BCUT2D eigenvalue weighted by molar-refractivity contribution is 9.10. The lowest BCUT2D eigenvalue weighted by Crippen LogP contribution is -2.30. The molecule has 0 unspecified atom stereocenters. The molecule has 3 N–H and O–H groups in total. The summed E-state index contributed by atoms with van der Waals surface area (Å²) < 4.78 is 0.688. The van der Waals surface area contributed by atoms with Crippen LogP contribution in [0.5, 0.6) is 0 Å². The van der Waals surface area contributed by atoms with E-state index in [0.29, 0.717) is 15.2 Å². The quantitative estimate of drug-likeness (QED) is 0.325. The Morgan fingerprint density at radius 2 is 1.83 bits per heavy atom.